The molecule has 3 aliphatic heterocycles. The highest BCUT2D eigenvalue weighted by Gasteiger charge is 2.49. The summed E-state index contributed by atoms with van der Waals surface area (Å²) < 4.78 is 35.1. The number of amides is 1. The zero-order valence-corrected chi connectivity index (χ0v) is 21.4. The third-order valence-corrected chi connectivity index (χ3v) is 7.48. The molecule has 4 heterocycles. The first-order chi connectivity index (χ1) is 19.0. The number of ether oxygens (including phenoxy) is 1. The Morgan fingerprint density at radius 1 is 1.00 bits per heavy atom. The van der Waals surface area contributed by atoms with Gasteiger partial charge in [-0.15, -0.1) is 0 Å². The maximum absolute atomic E-state index is 14.8. The largest absolute Gasteiger partial charge is 0.378 e. The number of anilines is 4. The van der Waals surface area contributed by atoms with Crippen LogP contribution in [0.25, 0.3) is 11.3 Å². The SMILES string of the molecule is O=C(Nc1ccc(-c2cc(N3CCOCC3)nc(C3(C(F)F)Nc4ccccc4N3)n2)cc1)C1CCNCC1. The summed E-state index contributed by atoms with van der Waals surface area (Å²) >= 11 is 0. The molecule has 0 saturated carbocycles. The predicted octanol–water partition coefficient (Wildman–Crippen LogP) is 3.87. The smallest absolute Gasteiger partial charge is 0.286 e. The van der Waals surface area contributed by atoms with Crippen molar-refractivity contribution in [3.63, 3.8) is 0 Å². The van der Waals surface area contributed by atoms with E-state index in [1.54, 1.807) is 24.3 Å². The molecule has 3 aromatic rings. The lowest BCUT2D eigenvalue weighted by molar-refractivity contribution is -0.120. The number of benzene rings is 2. The van der Waals surface area contributed by atoms with Crippen LogP contribution in [0.1, 0.15) is 18.7 Å². The fraction of sp³-hybridized carbons (Fsp3) is 0.393. The van der Waals surface area contributed by atoms with Gasteiger partial charge in [-0.25, -0.2) is 18.7 Å². The number of alkyl halides is 2. The summed E-state index contributed by atoms with van der Waals surface area (Å²) in [5, 5.41) is 12.2. The maximum atomic E-state index is 14.8. The highest BCUT2D eigenvalue weighted by atomic mass is 19.3. The summed E-state index contributed by atoms with van der Waals surface area (Å²) in [5.74, 6) is 0.518. The fourth-order valence-electron chi connectivity index (χ4n) is 5.24. The Morgan fingerprint density at radius 3 is 2.31 bits per heavy atom. The van der Waals surface area contributed by atoms with Crippen LogP contribution in [-0.4, -0.2) is 61.7 Å². The van der Waals surface area contributed by atoms with Crippen molar-refractivity contribution in [1.29, 1.82) is 0 Å². The van der Waals surface area contributed by atoms with E-state index < -0.39 is 12.1 Å². The Kier molecular flexibility index (Phi) is 7.01. The van der Waals surface area contributed by atoms with Gasteiger partial charge in [-0.1, -0.05) is 24.3 Å². The number of carbonyl (C=O) groups excluding carboxylic acids is 1. The molecular formula is C28H31F2N7O2. The Bertz CT molecular complexity index is 1300. The number of carbonyl (C=O) groups is 1. The summed E-state index contributed by atoms with van der Waals surface area (Å²) in [4.78, 5) is 24.0. The fourth-order valence-corrected chi connectivity index (χ4v) is 5.24. The van der Waals surface area contributed by atoms with Crippen LogP contribution in [-0.2, 0) is 15.2 Å². The van der Waals surface area contributed by atoms with E-state index in [9.17, 15) is 13.6 Å². The molecule has 39 heavy (non-hydrogen) atoms. The first-order valence-electron chi connectivity index (χ1n) is 13.3. The molecule has 1 amide bonds. The second-order valence-electron chi connectivity index (χ2n) is 10.0. The number of morpholine rings is 1. The van der Waals surface area contributed by atoms with Crippen LogP contribution in [0.3, 0.4) is 0 Å². The third-order valence-electron chi connectivity index (χ3n) is 7.48. The van der Waals surface area contributed by atoms with Crippen molar-refractivity contribution < 1.29 is 18.3 Å². The molecular weight excluding hydrogens is 504 g/mol. The van der Waals surface area contributed by atoms with Crippen molar-refractivity contribution in [3.8, 4) is 11.3 Å². The Labute approximate surface area is 225 Å². The van der Waals surface area contributed by atoms with E-state index >= 15 is 0 Å². The van der Waals surface area contributed by atoms with Gasteiger partial charge >= 0.3 is 0 Å². The van der Waals surface area contributed by atoms with Gasteiger partial charge in [0.25, 0.3) is 6.43 Å². The Morgan fingerprint density at radius 2 is 1.67 bits per heavy atom. The lowest BCUT2D eigenvalue weighted by atomic mass is 9.97. The number of piperidine rings is 1. The standard InChI is InChI=1S/C28H31F2N7O2/c29-26(30)28(35-21-3-1-2-4-22(21)36-28)27-33-23(17-24(34-27)37-13-15-39-16-14-37)18-5-7-20(8-6-18)32-25(38)19-9-11-31-12-10-19/h1-8,17,19,26,31,35-36H,9-16H2,(H,32,38). The molecule has 1 aromatic heterocycles. The van der Waals surface area contributed by atoms with Gasteiger partial charge in [0.2, 0.25) is 11.6 Å². The normalized spacial score (nSPS) is 18.8. The molecule has 0 radical (unpaired) electrons. The molecule has 6 rings (SSSR count). The minimum Gasteiger partial charge on any atom is -0.378 e. The molecule has 11 heteroatoms. The minimum absolute atomic E-state index is 0.00694. The summed E-state index contributed by atoms with van der Waals surface area (Å²) in [5.41, 5.74) is 1.07. The Hall–Kier alpha value is -3.83. The van der Waals surface area contributed by atoms with E-state index in [0.29, 0.717) is 54.9 Å². The van der Waals surface area contributed by atoms with Crippen LogP contribution in [0.15, 0.2) is 54.6 Å². The monoisotopic (exact) mass is 535 g/mol. The number of para-hydroxylation sites is 2. The van der Waals surface area contributed by atoms with Crippen molar-refractivity contribution in [2.75, 3.05) is 60.2 Å². The molecule has 2 aromatic carbocycles. The van der Waals surface area contributed by atoms with Gasteiger partial charge in [0.05, 0.1) is 30.3 Å². The molecule has 2 fully saturated rings. The Balaban J connectivity index is 1.33. The van der Waals surface area contributed by atoms with Crippen LogP contribution in [0.2, 0.25) is 0 Å². The van der Waals surface area contributed by atoms with Crippen LogP contribution in [0, 0.1) is 5.92 Å². The molecule has 2 saturated heterocycles. The van der Waals surface area contributed by atoms with Crippen LogP contribution in [0.4, 0.5) is 31.7 Å². The first-order valence-corrected chi connectivity index (χ1v) is 13.3. The highest BCUT2D eigenvalue weighted by molar-refractivity contribution is 5.92. The number of halogens is 2. The quantitative estimate of drug-likeness (QED) is 0.377. The van der Waals surface area contributed by atoms with Crippen LogP contribution >= 0.6 is 0 Å². The molecule has 0 spiro atoms. The van der Waals surface area contributed by atoms with Crippen LogP contribution in [0.5, 0.6) is 0 Å². The average Bonchev–Trinajstić information content (AvgIpc) is 3.40. The zero-order chi connectivity index (χ0) is 26.8. The van der Waals surface area contributed by atoms with Gasteiger partial charge in [-0.3, -0.25) is 4.79 Å². The molecule has 0 bridgehead atoms. The van der Waals surface area contributed by atoms with E-state index in [4.69, 9.17) is 4.74 Å². The number of aromatic nitrogens is 2. The summed E-state index contributed by atoms with van der Waals surface area (Å²) in [6.07, 6.45) is -1.21. The second kappa shape index (κ2) is 10.7. The molecule has 9 nitrogen and oxygen atoms in total. The van der Waals surface area contributed by atoms with E-state index in [0.717, 1.165) is 31.5 Å². The van der Waals surface area contributed by atoms with Crippen molar-refractivity contribution in [1.82, 2.24) is 15.3 Å². The maximum Gasteiger partial charge on any atom is 0.286 e. The van der Waals surface area contributed by atoms with Gasteiger partial charge in [0.1, 0.15) is 5.82 Å². The number of nitrogens with one attached hydrogen (secondary N) is 4. The lowest BCUT2D eigenvalue weighted by Gasteiger charge is -2.32. The average molecular weight is 536 g/mol. The topological polar surface area (TPSA) is 103 Å². The van der Waals surface area contributed by atoms with Crippen molar-refractivity contribution in [2.24, 2.45) is 5.92 Å². The molecule has 4 N–H and O–H groups in total. The van der Waals surface area contributed by atoms with E-state index in [-0.39, 0.29) is 17.6 Å². The predicted molar refractivity (Wildman–Crippen MR) is 146 cm³/mol. The summed E-state index contributed by atoms with van der Waals surface area (Å²) in [6.45, 7) is 3.94. The number of rotatable bonds is 6. The number of nitrogens with zero attached hydrogens (tertiary/aromatic N) is 3. The molecule has 0 unspecified atom stereocenters. The molecule has 0 atom stereocenters. The number of hydrogen-bond donors (Lipinski definition) is 4. The first kappa shape index (κ1) is 25.4. The van der Waals surface area contributed by atoms with Gasteiger partial charge in [0, 0.05) is 36.3 Å². The third kappa shape index (κ3) is 5.11. The van der Waals surface area contributed by atoms with Crippen LogP contribution < -0.4 is 26.2 Å². The van der Waals surface area contributed by atoms with Gasteiger partial charge in [-0.05, 0) is 50.2 Å². The lowest BCUT2D eigenvalue weighted by Crippen LogP contribution is -2.48. The van der Waals surface area contributed by atoms with Gasteiger partial charge in [-0.2, -0.15) is 0 Å². The second-order valence-corrected chi connectivity index (χ2v) is 10.0. The number of hydrogen-bond acceptors (Lipinski definition) is 8. The zero-order valence-electron chi connectivity index (χ0n) is 21.4. The molecule has 3 aliphatic rings. The van der Waals surface area contributed by atoms with Gasteiger partial charge in [0.15, 0.2) is 5.82 Å². The molecule has 204 valence electrons. The van der Waals surface area contributed by atoms with Crippen molar-refractivity contribution in [2.45, 2.75) is 24.9 Å². The van der Waals surface area contributed by atoms with Gasteiger partial charge < -0.3 is 30.9 Å². The number of fused-ring (bicyclic) bond motifs is 1. The van der Waals surface area contributed by atoms with E-state index in [1.807, 2.05) is 35.2 Å². The van der Waals surface area contributed by atoms with E-state index in [1.165, 1.54) is 0 Å². The minimum atomic E-state index is -2.84. The van der Waals surface area contributed by atoms with Crippen molar-refractivity contribution in [3.05, 3.63) is 60.4 Å². The summed E-state index contributed by atoms with van der Waals surface area (Å²) in [6, 6.07) is 16.2. The summed E-state index contributed by atoms with van der Waals surface area (Å²) in [7, 11) is 0. The highest BCUT2D eigenvalue weighted by Crippen LogP contribution is 2.42. The van der Waals surface area contributed by atoms with E-state index in [2.05, 4.69) is 31.2 Å². The van der Waals surface area contributed by atoms with Crippen molar-refractivity contribution >= 4 is 28.8 Å². The molecule has 0 aliphatic carbocycles.